The predicted molar refractivity (Wildman–Crippen MR) is 36.2 cm³/mol. The molecule has 1 aliphatic rings. The maximum absolute atomic E-state index is 10.9. The van der Waals surface area contributed by atoms with Crippen LogP contribution in [0.3, 0.4) is 0 Å². The molecule has 10 heavy (non-hydrogen) atoms. The summed E-state index contributed by atoms with van der Waals surface area (Å²) < 4.78 is 0. The van der Waals surface area contributed by atoms with Gasteiger partial charge in [-0.2, -0.15) is 0 Å². The highest BCUT2D eigenvalue weighted by atomic mass is 16.2. The molecule has 1 amide bonds. The van der Waals surface area contributed by atoms with Crippen molar-refractivity contribution in [3.63, 3.8) is 0 Å². The molecule has 0 aromatic carbocycles. The molecule has 0 bridgehead atoms. The molecule has 0 spiro atoms. The van der Waals surface area contributed by atoms with Crippen molar-refractivity contribution in [3.05, 3.63) is 12.3 Å². The van der Waals surface area contributed by atoms with Crippen LogP contribution >= 0.6 is 0 Å². The molecule has 3 heteroatoms. The van der Waals surface area contributed by atoms with E-state index in [1.54, 1.807) is 7.05 Å². The van der Waals surface area contributed by atoms with E-state index in [1.165, 1.54) is 17.2 Å². The number of nitrogens with zero attached hydrogens (tertiary/aromatic N) is 1. The number of ketones is 1. The molecule has 0 aliphatic carbocycles. The highest BCUT2D eigenvalue weighted by Gasteiger charge is 2.11. The maximum atomic E-state index is 10.9. The highest BCUT2D eigenvalue weighted by molar-refractivity contribution is 5.94. The van der Waals surface area contributed by atoms with Gasteiger partial charge in [-0.1, -0.05) is 0 Å². The Morgan fingerprint density at radius 3 is 2.80 bits per heavy atom. The molecule has 1 heterocycles. The average molecular weight is 139 g/mol. The zero-order valence-electron chi connectivity index (χ0n) is 5.83. The first-order valence-electron chi connectivity index (χ1n) is 3.17. The molecular weight excluding hydrogens is 130 g/mol. The van der Waals surface area contributed by atoms with E-state index in [1.807, 2.05) is 0 Å². The number of rotatable bonds is 0. The van der Waals surface area contributed by atoms with Crippen LogP contribution in [0.1, 0.15) is 12.8 Å². The van der Waals surface area contributed by atoms with Gasteiger partial charge in [-0.15, -0.1) is 0 Å². The average Bonchev–Trinajstić information content (AvgIpc) is 2.04. The second-order valence-corrected chi connectivity index (χ2v) is 2.29. The van der Waals surface area contributed by atoms with Crippen LogP contribution in [-0.4, -0.2) is 23.6 Å². The van der Waals surface area contributed by atoms with Crippen molar-refractivity contribution in [2.75, 3.05) is 7.05 Å². The van der Waals surface area contributed by atoms with Gasteiger partial charge in [0.15, 0.2) is 5.78 Å². The van der Waals surface area contributed by atoms with Gasteiger partial charge in [0.05, 0.1) is 0 Å². The van der Waals surface area contributed by atoms with Crippen molar-refractivity contribution in [1.29, 1.82) is 0 Å². The van der Waals surface area contributed by atoms with Gasteiger partial charge in [0.25, 0.3) is 0 Å². The highest BCUT2D eigenvalue weighted by Crippen LogP contribution is 2.02. The summed E-state index contributed by atoms with van der Waals surface area (Å²) in [4.78, 5) is 23.0. The number of allylic oxidation sites excluding steroid dienone is 1. The van der Waals surface area contributed by atoms with Gasteiger partial charge in [0.1, 0.15) is 0 Å². The van der Waals surface area contributed by atoms with Crippen LogP contribution in [0, 0.1) is 0 Å². The summed E-state index contributed by atoms with van der Waals surface area (Å²) in [6, 6.07) is 0. The van der Waals surface area contributed by atoms with Crippen molar-refractivity contribution in [1.82, 2.24) is 4.90 Å². The summed E-state index contributed by atoms with van der Waals surface area (Å²) in [5.74, 6) is 0.0276. The lowest BCUT2D eigenvalue weighted by Gasteiger charge is -2.06. The van der Waals surface area contributed by atoms with Gasteiger partial charge >= 0.3 is 0 Å². The van der Waals surface area contributed by atoms with Crippen molar-refractivity contribution in [2.24, 2.45) is 0 Å². The zero-order chi connectivity index (χ0) is 7.56. The fourth-order valence-electron chi connectivity index (χ4n) is 0.768. The van der Waals surface area contributed by atoms with Crippen LogP contribution in [0.5, 0.6) is 0 Å². The molecule has 1 aliphatic heterocycles. The molecule has 1 rings (SSSR count). The largest absolute Gasteiger partial charge is 0.322 e. The van der Waals surface area contributed by atoms with E-state index in [-0.39, 0.29) is 11.7 Å². The first-order valence-corrected chi connectivity index (χ1v) is 3.17. The summed E-state index contributed by atoms with van der Waals surface area (Å²) in [6.07, 6.45) is 3.63. The second-order valence-electron chi connectivity index (χ2n) is 2.29. The van der Waals surface area contributed by atoms with Crippen LogP contribution in [0.25, 0.3) is 0 Å². The quantitative estimate of drug-likeness (QED) is 0.484. The summed E-state index contributed by atoms with van der Waals surface area (Å²) in [6.45, 7) is 0. The Kier molecular flexibility index (Phi) is 1.85. The van der Waals surface area contributed by atoms with Crippen molar-refractivity contribution in [2.45, 2.75) is 12.8 Å². The Bertz CT molecular complexity index is 196. The smallest absolute Gasteiger partial charge is 0.226 e. The number of amides is 1. The fraction of sp³-hybridized carbons (Fsp3) is 0.429. The molecule has 0 atom stereocenters. The standard InChI is InChI=1S/C7H9NO2/c1-8-5-4-6(9)2-3-7(8)10/h4-5H,2-3H2,1H3. The third kappa shape index (κ3) is 1.43. The number of hydrogen-bond donors (Lipinski definition) is 0. The van der Waals surface area contributed by atoms with Crippen LogP contribution in [0.2, 0.25) is 0 Å². The minimum Gasteiger partial charge on any atom is -0.322 e. The molecule has 0 radical (unpaired) electrons. The number of hydrogen-bond acceptors (Lipinski definition) is 2. The minimum absolute atomic E-state index is 0.00194. The lowest BCUT2D eigenvalue weighted by molar-refractivity contribution is -0.128. The van der Waals surface area contributed by atoms with E-state index in [2.05, 4.69) is 0 Å². The van der Waals surface area contributed by atoms with Gasteiger partial charge in [0, 0.05) is 26.1 Å². The second kappa shape index (κ2) is 2.64. The molecular formula is C7H9NO2. The molecule has 0 saturated carbocycles. The van der Waals surface area contributed by atoms with Crippen molar-refractivity contribution < 1.29 is 9.59 Å². The molecule has 0 saturated heterocycles. The van der Waals surface area contributed by atoms with E-state index in [4.69, 9.17) is 0 Å². The van der Waals surface area contributed by atoms with Crippen LogP contribution in [0.15, 0.2) is 12.3 Å². The van der Waals surface area contributed by atoms with Gasteiger partial charge in [-0.25, -0.2) is 0 Å². The molecule has 0 N–H and O–H groups in total. The molecule has 54 valence electrons. The minimum atomic E-state index is 0.00194. The number of carbonyl (C=O) groups is 2. The Balaban J connectivity index is 2.71. The topological polar surface area (TPSA) is 37.4 Å². The molecule has 0 fully saturated rings. The lowest BCUT2D eigenvalue weighted by atomic mass is 10.2. The summed E-state index contributed by atoms with van der Waals surface area (Å²) >= 11 is 0. The lowest BCUT2D eigenvalue weighted by Crippen LogP contribution is -2.18. The van der Waals surface area contributed by atoms with E-state index in [0.717, 1.165) is 0 Å². The fourth-order valence-corrected chi connectivity index (χ4v) is 0.768. The Hall–Kier alpha value is -1.12. The molecule has 0 aromatic heterocycles. The first-order chi connectivity index (χ1) is 4.70. The molecule has 0 aromatic rings. The molecule has 3 nitrogen and oxygen atoms in total. The monoisotopic (exact) mass is 139 g/mol. The Labute approximate surface area is 59.3 Å². The normalized spacial score (nSPS) is 19.5. The van der Waals surface area contributed by atoms with E-state index < -0.39 is 0 Å². The van der Waals surface area contributed by atoms with Gasteiger partial charge in [-0.05, 0) is 6.08 Å². The summed E-state index contributed by atoms with van der Waals surface area (Å²) in [5.41, 5.74) is 0. The van der Waals surface area contributed by atoms with E-state index in [9.17, 15) is 9.59 Å². The zero-order valence-corrected chi connectivity index (χ0v) is 5.83. The predicted octanol–water partition coefficient (Wildman–Crippen LogP) is 0.321. The van der Waals surface area contributed by atoms with Crippen LogP contribution < -0.4 is 0 Å². The first kappa shape index (κ1) is 6.99. The Morgan fingerprint density at radius 1 is 1.40 bits per heavy atom. The summed E-state index contributed by atoms with van der Waals surface area (Å²) in [7, 11) is 1.65. The van der Waals surface area contributed by atoms with Crippen molar-refractivity contribution >= 4 is 11.7 Å². The van der Waals surface area contributed by atoms with Gasteiger partial charge in [-0.3, -0.25) is 9.59 Å². The summed E-state index contributed by atoms with van der Waals surface area (Å²) in [5, 5.41) is 0. The third-order valence-electron chi connectivity index (χ3n) is 1.46. The molecule has 0 unspecified atom stereocenters. The van der Waals surface area contributed by atoms with Gasteiger partial charge in [0.2, 0.25) is 5.91 Å². The van der Waals surface area contributed by atoms with Crippen LogP contribution in [-0.2, 0) is 9.59 Å². The third-order valence-corrected chi connectivity index (χ3v) is 1.46. The van der Waals surface area contributed by atoms with Crippen LogP contribution in [0.4, 0.5) is 0 Å². The SMILES string of the molecule is CN1C=CC(=O)CCC1=O. The van der Waals surface area contributed by atoms with E-state index >= 15 is 0 Å². The van der Waals surface area contributed by atoms with Gasteiger partial charge < -0.3 is 4.90 Å². The maximum Gasteiger partial charge on any atom is 0.226 e. The van der Waals surface area contributed by atoms with Crippen molar-refractivity contribution in [3.8, 4) is 0 Å². The Morgan fingerprint density at radius 2 is 2.10 bits per heavy atom. The van der Waals surface area contributed by atoms with E-state index in [0.29, 0.717) is 12.8 Å². The number of carbonyl (C=O) groups excluding carboxylic acids is 2.